The lowest BCUT2D eigenvalue weighted by atomic mass is 10.0. The van der Waals surface area contributed by atoms with Crippen molar-refractivity contribution >= 4 is 17.5 Å². The Balaban J connectivity index is 3.38. The van der Waals surface area contributed by atoms with Gasteiger partial charge in [0.1, 0.15) is 5.82 Å². The number of hydrogen-bond acceptors (Lipinski definition) is 4. The number of aliphatic imine (C=N–C) groups is 2. The molecular weight excluding hydrogens is 332 g/mol. The molecule has 4 nitrogen and oxygen atoms in total. The summed E-state index contributed by atoms with van der Waals surface area (Å²) >= 11 is 0. The van der Waals surface area contributed by atoms with Crippen molar-refractivity contribution < 1.29 is 0 Å². The molecule has 27 heavy (non-hydrogen) atoms. The molecule has 0 heterocycles. The Morgan fingerprint density at radius 2 is 1.81 bits per heavy atom. The van der Waals surface area contributed by atoms with Crippen LogP contribution in [0.25, 0.3) is 5.57 Å². The molecule has 142 valence electrons. The SMILES string of the molecule is C=C/C(=C\N(C)C)c1cccc(/C(C)=N/C(N)=C(C=C)/C(C=NC)=C/C)c1. The second-order valence-corrected chi connectivity index (χ2v) is 6.16. The summed E-state index contributed by atoms with van der Waals surface area (Å²) in [5.41, 5.74) is 11.8. The zero-order valence-electron chi connectivity index (χ0n) is 17.0. The summed E-state index contributed by atoms with van der Waals surface area (Å²) in [6.45, 7) is 11.6. The molecule has 0 aromatic heterocycles. The molecule has 0 saturated heterocycles. The molecule has 2 N–H and O–H groups in total. The molecule has 1 rings (SSSR count). The fourth-order valence-electron chi connectivity index (χ4n) is 2.56. The summed E-state index contributed by atoms with van der Waals surface area (Å²) in [4.78, 5) is 10.7. The first kappa shape index (κ1) is 21.9. The van der Waals surface area contributed by atoms with Crippen LogP contribution >= 0.6 is 0 Å². The van der Waals surface area contributed by atoms with Gasteiger partial charge in [0.05, 0.1) is 0 Å². The molecule has 0 aliphatic heterocycles. The largest absolute Gasteiger partial charge is 0.383 e. The highest BCUT2D eigenvalue weighted by atomic mass is 15.0. The van der Waals surface area contributed by atoms with Crippen molar-refractivity contribution in [3.05, 3.63) is 89.9 Å². The van der Waals surface area contributed by atoms with Gasteiger partial charge in [-0.05, 0) is 42.2 Å². The van der Waals surface area contributed by atoms with E-state index in [0.29, 0.717) is 5.82 Å². The van der Waals surface area contributed by atoms with Crippen LogP contribution in [0.3, 0.4) is 0 Å². The predicted octanol–water partition coefficient (Wildman–Crippen LogP) is 4.59. The van der Waals surface area contributed by atoms with E-state index >= 15 is 0 Å². The third kappa shape index (κ3) is 6.26. The monoisotopic (exact) mass is 362 g/mol. The van der Waals surface area contributed by atoms with Gasteiger partial charge in [0.25, 0.3) is 0 Å². The maximum atomic E-state index is 6.25. The molecule has 0 aliphatic carbocycles. The first-order valence-corrected chi connectivity index (χ1v) is 8.75. The first-order valence-electron chi connectivity index (χ1n) is 8.75. The van der Waals surface area contributed by atoms with E-state index in [4.69, 9.17) is 5.73 Å². The lowest BCUT2D eigenvalue weighted by Gasteiger charge is -2.11. The van der Waals surface area contributed by atoms with Gasteiger partial charge < -0.3 is 10.6 Å². The topological polar surface area (TPSA) is 54.0 Å². The van der Waals surface area contributed by atoms with Crippen LogP contribution in [0, 0.1) is 0 Å². The smallest absolute Gasteiger partial charge is 0.131 e. The van der Waals surface area contributed by atoms with Gasteiger partial charge in [-0.25, -0.2) is 4.99 Å². The Labute approximate surface area is 163 Å². The number of rotatable bonds is 8. The van der Waals surface area contributed by atoms with Gasteiger partial charge in [0.15, 0.2) is 0 Å². The fourth-order valence-corrected chi connectivity index (χ4v) is 2.56. The van der Waals surface area contributed by atoms with Gasteiger partial charge in [-0.3, -0.25) is 4.99 Å². The molecule has 0 unspecified atom stereocenters. The van der Waals surface area contributed by atoms with Gasteiger partial charge in [-0.15, -0.1) is 0 Å². The molecule has 0 fully saturated rings. The standard InChI is InChI=1S/C23H30N4/c1-8-18(15-25-5)22(10-3)23(24)26-17(4)20-12-11-13-21(14-20)19(9-2)16-27(6)7/h8-16H,2-3,24H2,1,4-7H3/b18-8+,19-16+,23-22+,25-15?,26-17+. The number of hydrogen-bond donors (Lipinski definition) is 1. The number of nitrogens with zero attached hydrogens (tertiary/aromatic N) is 3. The van der Waals surface area contributed by atoms with Crippen molar-refractivity contribution in [2.45, 2.75) is 13.8 Å². The maximum absolute atomic E-state index is 6.25. The quantitative estimate of drug-likeness (QED) is 0.543. The van der Waals surface area contributed by atoms with Crippen LogP contribution in [0.5, 0.6) is 0 Å². The molecule has 0 amide bonds. The molecule has 0 spiro atoms. The first-order chi connectivity index (χ1) is 12.9. The van der Waals surface area contributed by atoms with Gasteiger partial charge >= 0.3 is 0 Å². The van der Waals surface area contributed by atoms with E-state index in [9.17, 15) is 0 Å². The van der Waals surface area contributed by atoms with Gasteiger partial charge in [0.2, 0.25) is 0 Å². The van der Waals surface area contributed by atoms with Crippen LogP contribution in [0.15, 0.2) is 88.8 Å². The number of nitrogens with two attached hydrogens (primary N) is 1. The molecule has 0 radical (unpaired) electrons. The summed E-state index contributed by atoms with van der Waals surface area (Å²) < 4.78 is 0. The van der Waals surface area contributed by atoms with E-state index in [1.165, 1.54) is 0 Å². The molecule has 1 aromatic carbocycles. The Hall–Kier alpha value is -3.14. The highest BCUT2D eigenvalue weighted by molar-refractivity contribution is 6.00. The fraction of sp³-hybridized carbons (Fsp3) is 0.217. The van der Waals surface area contributed by atoms with Crippen molar-refractivity contribution in [3.8, 4) is 0 Å². The van der Waals surface area contributed by atoms with Crippen molar-refractivity contribution in [1.82, 2.24) is 4.90 Å². The minimum Gasteiger partial charge on any atom is -0.383 e. The second kappa shape index (κ2) is 10.8. The molecule has 0 atom stereocenters. The van der Waals surface area contributed by atoms with Gasteiger partial charge in [0, 0.05) is 44.8 Å². The summed E-state index contributed by atoms with van der Waals surface area (Å²) in [6.07, 6.45) is 9.26. The Morgan fingerprint density at radius 1 is 1.15 bits per heavy atom. The Kier molecular flexibility index (Phi) is 8.73. The number of allylic oxidation sites excluding steroid dienone is 6. The lowest BCUT2D eigenvalue weighted by molar-refractivity contribution is 0.566. The van der Waals surface area contributed by atoms with E-state index in [0.717, 1.165) is 33.6 Å². The normalized spacial score (nSPS) is 14.2. The van der Waals surface area contributed by atoms with Gasteiger partial charge in [-0.1, -0.05) is 49.6 Å². The zero-order valence-corrected chi connectivity index (χ0v) is 17.0. The molecule has 0 bridgehead atoms. The molecule has 0 saturated carbocycles. The molecule has 0 aliphatic rings. The summed E-state index contributed by atoms with van der Waals surface area (Å²) in [7, 11) is 5.69. The van der Waals surface area contributed by atoms with E-state index in [1.807, 2.05) is 63.3 Å². The summed E-state index contributed by atoms with van der Waals surface area (Å²) in [5.74, 6) is 0.411. The second-order valence-electron chi connectivity index (χ2n) is 6.16. The Bertz CT molecular complexity index is 834. The van der Waals surface area contributed by atoms with Crippen LogP contribution < -0.4 is 5.73 Å². The predicted molar refractivity (Wildman–Crippen MR) is 120 cm³/mol. The average Bonchev–Trinajstić information content (AvgIpc) is 2.65. The maximum Gasteiger partial charge on any atom is 0.131 e. The highest BCUT2D eigenvalue weighted by Gasteiger charge is 2.06. The van der Waals surface area contributed by atoms with Crippen LogP contribution in [0.1, 0.15) is 25.0 Å². The van der Waals surface area contributed by atoms with Crippen molar-refractivity contribution in [2.24, 2.45) is 15.7 Å². The third-order valence-electron chi connectivity index (χ3n) is 3.89. The average molecular weight is 363 g/mol. The minimum absolute atomic E-state index is 0.411. The van der Waals surface area contributed by atoms with Crippen LogP contribution in [0.2, 0.25) is 0 Å². The summed E-state index contributed by atoms with van der Waals surface area (Å²) in [5, 5.41) is 0. The van der Waals surface area contributed by atoms with E-state index < -0.39 is 0 Å². The highest BCUT2D eigenvalue weighted by Crippen LogP contribution is 2.19. The van der Waals surface area contributed by atoms with Crippen molar-refractivity contribution in [3.63, 3.8) is 0 Å². The minimum atomic E-state index is 0.411. The zero-order chi connectivity index (χ0) is 20.4. The van der Waals surface area contributed by atoms with Crippen molar-refractivity contribution in [1.29, 1.82) is 0 Å². The van der Waals surface area contributed by atoms with Crippen molar-refractivity contribution in [2.75, 3.05) is 21.1 Å². The molecule has 4 heteroatoms. The van der Waals surface area contributed by atoms with Crippen LogP contribution in [-0.2, 0) is 0 Å². The van der Waals surface area contributed by atoms with E-state index in [-0.39, 0.29) is 0 Å². The Morgan fingerprint density at radius 3 is 2.33 bits per heavy atom. The van der Waals surface area contributed by atoms with E-state index in [1.54, 1.807) is 19.3 Å². The third-order valence-corrected chi connectivity index (χ3v) is 3.89. The van der Waals surface area contributed by atoms with Gasteiger partial charge in [-0.2, -0.15) is 0 Å². The van der Waals surface area contributed by atoms with Crippen LogP contribution in [0.4, 0.5) is 0 Å². The van der Waals surface area contributed by atoms with E-state index in [2.05, 4.69) is 35.3 Å². The van der Waals surface area contributed by atoms with Crippen LogP contribution in [-0.4, -0.2) is 38.0 Å². The summed E-state index contributed by atoms with van der Waals surface area (Å²) in [6, 6.07) is 8.16. The lowest BCUT2D eigenvalue weighted by Crippen LogP contribution is -2.06. The molecular formula is C23H30N4. The molecule has 1 aromatic rings. The number of benzene rings is 1.